The lowest BCUT2D eigenvalue weighted by Gasteiger charge is -2.16. The number of thioether (sulfide) groups is 1. The Balaban J connectivity index is 1.62. The van der Waals surface area contributed by atoms with Crippen molar-refractivity contribution < 1.29 is 9.59 Å². The van der Waals surface area contributed by atoms with Gasteiger partial charge in [0, 0.05) is 6.54 Å². The van der Waals surface area contributed by atoms with Crippen LogP contribution in [0.2, 0.25) is 0 Å². The van der Waals surface area contributed by atoms with Gasteiger partial charge in [0.2, 0.25) is 5.91 Å². The van der Waals surface area contributed by atoms with Crippen LogP contribution in [-0.4, -0.2) is 33.0 Å². The first-order chi connectivity index (χ1) is 14.1. The molecule has 1 N–H and O–H groups in total. The van der Waals surface area contributed by atoms with Gasteiger partial charge in [-0.1, -0.05) is 72.4 Å². The van der Waals surface area contributed by atoms with E-state index in [0.717, 1.165) is 28.5 Å². The Bertz CT molecular complexity index is 955. The number of rotatable bonds is 9. The van der Waals surface area contributed by atoms with Crippen LogP contribution in [0.15, 0.2) is 72.0 Å². The summed E-state index contributed by atoms with van der Waals surface area (Å²) in [4.78, 5) is 29.0. The van der Waals surface area contributed by atoms with Crippen molar-refractivity contribution in [1.82, 2.24) is 14.9 Å². The highest BCUT2D eigenvalue weighted by atomic mass is 32.2. The summed E-state index contributed by atoms with van der Waals surface area (Å²) in [5.41, 5.74) is 3.15. The molecule has 1 amide bonds. The van der Waals surface area contributed by atoms with Crippen LogP contribution in [-0.2, 0) is 22.6 Å². The normalized spacial score (nSPS) is 11.8. The number of Topliss-reactive ketones (excluding diaryl/α,β-unsaturated/α-hetero) is 1. The predicted octanol–water partition coefficient (Wildman–Crippen LogP) is 3.98. The molecule has 0 spiro atoms. The molecule has 0 bridgehead atoms. The third kappa shape index (κ3) is 5.57. The summed E-state index contributed by atoms with van der Waals surface area (Å²) in [6.07, 6.45) is 2.33. The van der Waals surface area contributed by atoms with E-state index in [1.807, 2.05) is 66.9 Å². The van der Waals surface area contributed by atoms with Gasteiger partial charge in [0.25, 0.3) is 0 Å². The van der Waals surface area contributed by atoms with Gasteiger partial charge in [-0.3, -0.25) is 9.59 Å². The highest BCUT2D eigenvalue weighted by Gasteiger charge is 2.19. The Kier molecular flexibility index (Phi) is 7.25. The zero-order valence-electron chi connectivity index (χ0n) is 16.7. The third-order valence-electron chi connectivity index (χ3n) is 4.65. The van der Waals surface area contributed by atoms with E-state index in [-0.39, 0.29) is 17.4 Å². The molecule has 0 fully saturated rings. The second-order valence-electron chi connectivity index (χ2n) is 6.75. The molecule has 1 aromatic heterocycles. The van der Waals surface area contributed by atoms with Crippen molar-refractivity contribution in [3.63, 3.8) is 0 Å². The Morgan fingerprint density at radius 3 is 2.34 bits per heavy atom. The van der Waals surface area contributed by atoms with E-state index in [1.54, 1.807) is 0 Å². The number of carbonyl (C=O) groups excluding carboxylic acids is 2. The minimum atomic E-state index is -0.517. The van der Waals surface area contributed by atoms with E-state index in [9.17, 15) is 9.59 Å². The Labute approximate surface area is 175 Å². The van der Waals surface area contributed by atoms with Gasteiger partial charge >= 0.3 is 0 Å². The lowest BCUT2D eigenvalue weighted by Crippen LogP contribution is -2.42. The van der Waals surface area contributed by atoms with Gasteiger partial charge in [-0.2, -0.15) is 0 Å². The van der Waals surface area contributed by atoms with Crippen LogP contribution in [0.3, 0.4) is 0 Å². The largest absolute Gasteiger partial charge is 0.345 e. The van der Waals surface area contributed by atoms with Crippen molar-refractivity contribution in [2.75, 3.05) is 5.75 Å². The molecule has 6 heteroatoms. The fraction of sp³-hybridized carbons (Fsp3) is 0.261. The highest BCUT2D eigenvalue weighted by molar-refractivity contribution is 7.99. The van der Waals surface area contributed by atoms with E-state index in [1.165, 1.54) is 18.7 Å². The molecule has 0 aliphatic carbocycles. The second-order valence-corrected chi connectivity index (χ2v) is 7.69. The van der Waals surface area contributed by atoms with Crippen LogP contribution in [0.1, 0.15) is 19.4 Å². The molecular weight excluding hydrogens is 382 g/mol. The molecule has 1 heterocycles. The lowest BCUT2D eigenvalue weighted by molar-refractivity contribution is -0.125. The number of ketones is 1. The molecule has 3 rings (SSSR count). The topological polar surface area (TPSA) is 64.0 Å². The Morgan fingerprint density at radius 1 is 1.07 bits per heavy atom. The monoisotopic (exact) mass is 407 g/mol. The molecule has 5 nitrogen and oxygen atoms in total. The van der Waals surface area contributed by atoms with E-state index in [2.05, 4.69) is 21.8 Å². The zero-order valence-corrected chi connectivity index (χ0v) is 17.5. The van der Waals surface area contributed by atoms with Crippen LogP contribution in [0, 0.1) is 0 Å². The average molecular weight is 408 g/mol. The SMILES string of the molecule is CCn1c(-c2ccccc2)cnc1SCC(=O)N[C@@H](Cc1ccccc1)C(C)=O. The maximum Gasteiger partial charge on any atom is 0.231 e. The molecule has 29 heavy (non-hydrogen) atoms. The molecule has 0 saturated carbocycles. The van der Waals surface area contributed by atoms with Gasteiger partial charge in [-0.05, 0) is 31.4 Å². The number of benzene rings is 2. The second kappa shape index (κ2) is 10.1. The van der Waals surface area contributed by atoms with Gasteiger partial charge in [0.05, 0.1) is 23.7 Å². The summed E-state index contributed by atoms with van der Waals surface area (Å²) >= 11 is 1.38. The summed E-state index contributed by atoms with van der Waals surface area (Å²) < 4.78 is 2.10. The predicted molar refractivity (Wildman–Crippen MR) is 117 cm³/mol. The van der Waals surface area contributed by atoms with Gasteiger partial charge in [-0.15, -0.1) is 0 Å². The first-order valence-corrected chi connectivity index (χ1v) is 10.6. The maximum absolute atomic E-state index is 12.5. The van der Waals surface area contributed by atoms with Gasteiger partial charge in [0.15, 0.2) is 10.9 Å². The molecule has 3 aromatic rings. The Hall–Kier alpha value is -2.86. The van der Waals surface area contributed by atoms with E-state index in [4.69, 9.17) is 0 Å². The van der Waals surface area contributed by atoms with E-state index < -0.39 is 6.04 Å². The average Bonchev–Trinajstić information content (AvgIpc) is 3.16. The summed E-state index contributed by atoms with van der Waals surface area (Å²) in [6, 6.07) is 19.3. The Morgan fingerprint density at radius 2 is 1.72 bits per heavy atom. The number of aromatic nitrogens is 2. The van der Waals surface area contributed by atoms with Crippen LogP contribution in [0.4, 0.5) is 0 Å². The van der Waals surface area contributed by atoms with E-state index in [0.29, 0.717) is 6.42 Å². The number of imidazole rings is 1. The molecule has 0 aliphatic rings. The number of hydrogen-bond acceptors (Lipinski definition) is 4. The van der Waals surface area contributed by atoms with Crippen molar-refractivity contribution in [2.24, 2.45) is 0 Å². The summed E-state index contributed by atoms with van der Waals surface area (Å²) in [5.74, 6) is -0.00393. The first-order valence-electron chi connectivity index (χ1n) is 9.66. The quantitative estimate of drug-likeness (QED) is 0.545. The summed E-state index contributed by atoms with van der Waals surface area (Å²) in [5, 5.41) is 3.66. The molecule has 1 atom stereocenters. The molecule has 0 aliphatic heterocycles. The molecule has 0 radical (unpaired) electrons. The molecule has 150 valence electrons. The van der Waals surface area contributed by atoms with Crippen molar-refractivity contribution in [3.05, 3.63) is 72.4 Å². The number of amides is 1. The van der Waals surface area contributed by atoms with E-state index >= 15 is 0 Å². The van der Waals surface area contributed by atoms with Crippen molar-refractivity contribution >= 4 is 23.5 Å². The van der Waals surface area contributed by atoms with Crippen molar-refractivity contribution in [1.29, 1.82) is 0 Å². The molecule has 0 unspecified atom stereocenters. The smallest absolute Gasteiger partial charge is 0.231 e. The summed E-state index contributed by atoms with van der Waals surface area (Å²) in [6.45, 7) is 4.33. The first kappa shape index (κ1) is 20.9. The fourth-order valence-corrected chi connectivity index (χ4v) is 3.99. The van der Waals surface area contributed by atoms with Crippen LogP contribution in [0.25, 0.3) is 11.3 Å². The zero-order chi connectivity index (χ0) is 20.6. The number of nitrogens with zero attached hydrogens (tertiary/aromatic N) is 2. The van der Waals surface area contributed by atoms with Gasteiger partial charge in [-0.25, -0.2) is 4.98 Å². The van der Waals surface area contributed by atoms with Crippen LogP contribution in [0.5, 0.6) is 0 Å². The minimum absolute atomic E-state index is 0.0476. The molecule has 2 aromatic carbocycles. The standard InChI is InChI=1S/C23H25N3O2S/c1-3-26-21(19-12-8-5-9-13-19)15-24-23(26)29-16-22(28)25-20(17(2)27)14-18-10-6-4-7-11-18/h4-13,15,20H,3,14,16H2,1-2H3,(H,25,28)/t20-/m0/s1. The highest BCUT2D eigenvalue weighted by Crippen LogP contribution is 2.25. The molecular formula is C23H25N3O2S. The third-order valence-corrected chi connectivity index (χ3v) is 5.64. The lowest BCUT2D eigenvalue weighted by atomic mass is 10.0. The van der Waals surface area contributed by atoms with Gasteiger partial charge < -0.3 is 9.88 Å². The van der Waals surface area contributed by atoms with Crippen LogP contribution >= 0.6 is 11.8 Å². The number of carbonyl (C=O) groups is 2. The van der Waals surface area contributed by atoms with Crippen molar-refractivity contribution in [2.45, 2.75) is 38.0 Å². The minimum Gasteiger partial charge on any atom is -0.345 e. The summed E-state index contributed by atoms with van der Waals surface area (Å²) in [7, 11) is 0. The number of hydrogen-bond donors (Lipinski definition) is 1. The van der Waals surface area contributed by atoms with Crippen molar-refractivity contribution in [3.8, 4) is 11.3 Å². The number of nitrogens with one attached hydrogen (secondary N) is 1. The fourth-order valence-electron chi connectivity index (χ4n) is 3.13. The van der Waals surface area contributed by atoms with Gasteiger partial charge in [0.1, 0.15) is 0 Å². The molecule has 0 saturated heterocycles. The van der Waals surface area contributed by atoms with Crippen LogP contribution < -0.4 is 5.32 Å². The maximum atomic E-state index is 12.5.